The van der Waals surface area contributed by atoms with E-state index >= 15 is 0 Å². The number of carbonyl (C=O) groups excluding carboxylic acids is 1. The molecule has 84 valence electrons. The van der Waals surface area contributed by atoms with E-state index in [0.717, 1.165) is 10.5 Å². The number of rotatable bonds is 1. The van der Waals surface area contributed by atoms with Crippen LogP contribution in [0, 0.1) is 5.41 Å². The standard InChI is InChI=1S/C11H9NOS.C2H6/c1-14-10-6-9(12)11(13)8-5-3-2-4-7(8)10;1-2/h2-6,12H,1H3;1-2H3. The lowest BCUT2D eigenvalue weighted by Gasteiger charge is -2.14. The minimum absolute atomic E-state index is 0.0769. The summed E-state index contributed by atoms with van der Waals surface area (Å²) in [6.07, 6.45) is 3.58. The second kappa shape index (κ2) is 5.66. The number of hydrogen-bond donors (Lipinski definition) is 1. The molecule has 1 aliphatic carbocycles. The van der Waals surface area contributed by atoms with E-state index in [1.807, 2.05) is 38.3 Å². The van der Waals surface area contributed by atoms with Crippen molar-refractivity contribution in [1.29, 1.82) is 5.41 Å². The molecular formula is C13H15NOS. The highest BCUT2D eigenvalue weighted by molar-refractivity contribution is 8.07. The molecule has 0 fully saturated rings. The second-order valence-electron chi connectivity index (χ2n) is 3.00. The van der Waals surface area contributed by atoms with Crippen LogP contribution < -0.4 is 0 Å². The van der Waals surface area contributed by atoms with E-state index in [1.165, 1.54) is 0 Å². The van der Waals surface area contributed by atoms with Crippen LogP contribution in [0.5, 0.6) is 0 Å². The van der Waals surface area contributed by atoms with Crippen LogP contribution in [0.2, 0.25) is 0 Å². The molecule has 0 aromatic heterocycles. The average Bonchev–Trinajstić information content (AvgIpc) is 2.36. The molecule has 0 unspecified atom stereocenters. The molecule has 1 N–H and O–H groups in total. The molecule has 1 aromatic carbocycles. The molecule has 0 aliphatic heterocycles. The fourth-order valence-electron chi connectivity index (χ4n) is 1.48. The fourth-order valence-corrected chi connectivity index (χ4v) is 2.12. The summed E-state index contributed by atoms with van der Waals surface area (Å²) in [7, 11) is 0. The summed E-state index contributed by atoms with van der Waals surface area (Å²) in [4.78, 5) is 12.6. The largest absolute Gasteiger partial charge is 0.297 e. The molecular weight excluding hydrogens is 218 g/mol. The Balaban J connectivity index is 0.000000606. The van der Waals surface area contributed by atoms with Gasteiger partial charge in [-0.15, -0.1) is 11.8 Å². The summed E-state index contributed by atoms with van der Waals surface area (Å²) in [5.41, 5.74) is 1.67. The molecule has 0 saturated carbocycles. The van der Waals surface area contributed by atoms with Crippen molar-refractivity contribution in [3.63, 3.8) is 0 Å². The summed E-state index contributed by atoms with van der Waals surface area (Å²) >= 11 is 1.56. The number of Topliss-reactive ketones (excluding diaryl/α,β-unsaturated/α-hetero) is 1. The molecule has 0 atom stereocenters. The Kier molecular flexibility index (Phi) is 4.50. The van der Waals surface area contributed by atoms with E-state index in [-0.39, 0.29) is 11.5 Å². The number of carbonyl (C=O) groups is 1. The zero-order valence-electron chi connectivity index (χ0n) is 9.70. The van der Waals surface area contributed by atoms with Gasteiger partial charge in [-0.1, -0.05) is 38.1 Å². The Hall–Kier alpha value is -1.35. The normalized spacial score (nSPS) is 13.6. The number of nitrogens with one attached hydrogen (secondary N) is 1. The predicted octanol–water partition coefficient (Wildman–Crippen LogP) is 3.63. The van der Waals surface area contributed by atoms with Gasteiger partial charge < -0.3 is 0 Å². The first-order chi connectivity index (χ1) is 7.74. The lowest BCUT2D eigenvalue weighted by molar-refractivity contribution is 0.106. The van der Waals surface area contributed by atoms with E-state index in [1.54, 1.807) is 23.9 Å². The average molecular weight is 233 g/mol. The van der Waals surface area contributed by atoms with Crippen LogP contribution in [-0.2, 0) is 0 Å². The molecule has 0 heterocycles. The Labute approximate surface area is 100 Å². The lowest BCUT2D eigenvalue weighted by Crippen LogP contribution is -2.17. The van der Waals surface area contributed by atoms with Gasteiger partial charge in [-0.25, -0.2) is 0 Å². The molecule has 0 spiro atoms. The molecule has 2 nitrogen and oxygen atoms in total. The van der Waals surface area contributed by atoms with Crippen molar-refractivity contribution in [3.05, 3.63) is 41.5 Å². The molecule has 1 aromatic rings. The zero-order valence-corrected chi connectivity index (χ0v) is 10.5. The highest BCUT2D eigenvalue weighted by Crippen LogP contribution is 2.31. The van der Waals surface area contributed by atoms with Gasteiger partial charge in [0.05, 0.1) is 0 Å². The number of benzene rings is 1. The third kappa shape index (κ3) is 2.25. The second-order valence-corrected chi connectivity index (χ2v) is 3.85. The fraction of sp³-hybridized carbons (Fsp3) is 0.231. The smallest absolute Gasteiger partial charge is 0.211 e. The molecule has 16 heavy (non-hydrogen) atoms. The number of ketones is 1. The van der Waals surface area contributed by atoms with Crippen LogP contribution in [0.15, 0.2) is 30.3 Å². The predicted molar refractivity (Wildman–Crippen MR) is 71.3 cm³/mol. The SMILES string of the molecule is CC.CSC1=CC(=N)C(=O)c2ccccc21. The summed E-state index contributed by atoms with van der Waals surface area (Å²) in [5, 5.41) is 7.52. The summed E-state index contributed by atoms with van der Waals surface area (Å²) in [6.45, 7) is 4.00. The monoisotopic (exact) mass is 233 g/mol. The summed E-state index contributed by atoms with van der Waals surface area (Å²) in [6, 6.07) is 7.43. The van der Waals surface area contributed by atoms with Crippen molar-refractivity contribution < 1.29 is 4.79 Å². The maximum Gasteiger partial charge on any atom is 0.211 e. The number of fused-ring (bicyclic) bond motifs is 1. The third-order valence-electron chi connectivity index (χ3n) is 2.18. The molecule has 1 aliphatic rings. The molecule has 0 bridgehead atoms. The van der Waals surface area contributed by atoms with Gasteiger partial charge in [0.25, 0.3) is 0 Å². The van der Waals surface area contributed by atoms with Gasteiger partial charge in [0, 0.05) is 10.5 Å². The number of allylic oxidation sites excluding steroid dienone is 1. The highest BCUT2D eigenvalue weighted by Gasteiger charge is 2.21. The van der Waals surface area contributed by atoms with E-state index in [9.17, 15) is 4.79 Å². The topological polar surface area (TPSA) is 40.9 Å². The van der Waals surface area contributed by atoms with Gasteiger partial charge in [0.2, 0.25) is 5.78 Å². The van der Waals surface area contributed by atoms with Crippen molar-refractivity contribution in [2.75, 3.05) is 6.26 Å². The highest BCUT2D eigenvalue weighted by atomic mass is 32.2. The van der Waals surface area contributed by atoms with Gasteiger partial charge >= 0.3 is 0 Å². The molecule has 0 saturated heterocycles. The van der Waals surface area contributed by atoms with E-state index in [2.05, 4.69) is 0 Å². The molecule has 2 rings (SSSR count). The van der Waals surface area contributed by atoms with Crippen LogP contribution in [0.1, 0.15) is 29.8 Å². The first-order valence-corrected chi connectivity index (χ1v) is 6.45. The summed E-state index contributed by atoms with van der Waals surface area (Å²) < 4.78 is 0. The summed E-state index contributed by atoms with van der Waals surface area (Å²) in [5.74, 6) is -0.182. The van der Waals surface area contributed by atoms with Gasteiger partial charge in [-0.3, -0.25) is 10.2 Å². The third-order valence-corrected chi connectivity index (χ3v) is 2.95. The first kappa shape index (κ1) is 12.7. The maximum atomic E-state index is 11.6. The van der Waals surface area contributed by atoms with E-state index < -0.39 is 0 Å². The molecule has 3 heteroatoms. The van der Waals surface area contributed by atoms with Gasteiger partial charge in [0.15, 0.2) is 0 Å². The maximum absolute atomic E-state index is 11.6. The first-order valence-electron chi connectivity index (χ1n) is 5.22. The number of hydrogen-bond acceptors (Lipinski definition) is 3. The quantitative estimate of drug-likeness (QED) is 0.804. The van der Waals surface area contributed by atoms with Crippen LogP contribution in [0.3, 0.4) is 0 Å². The molecule has 0 radical (unpaired) electrons. The van der Waals surface area contributed by atoms with Gasteiger partial charge in [0.1, 0.15) is 5.71 Å². The Bertz CT molecular complexity index is 449. The van der Waals surface area contributed by atoms with Crippen molar-refractivity contribution in [2.45, 2.75) is 13.8 Å². The van der Waals surface area contributed by atoms with Crippen molar-refractivity contribution in [3.8, 4) is 0 Å². The lowest BCUT2D eigenvalue weighted by atomic mass is 9.95. The Morgan fingerprint density at radius 1 is 1.12 bits per heavy atom. The van der Waals surface area contributed by atoms with Crippen molar-refractivity contribution >= 4 is 28.2 Å². The number of thioether (sulfide) groups is 1. The van der Waals surface area contributed by atoms with Crippen LogP contribution >= 0.6 is 11.8 Å². The van der Waals surface area contributed by atoms with Crippen molar-refractivity contribution in [2.24, 2.45) is 0 Å². The van der Waals surface area contributed by atoms with E-state index in [0.29, 0.717) is 5.56 Å². The zero-order chi connectivity index (χ0) is 12.1. The van der Waals surface area contributed by atoms with Gasteiger partial charge in [-0.05, 0) is 17.9 Å². The molecule has 0 amide bonds. The van der Waals surface area contributed by atoms with Crippen LogP contribution in [0.4, 0.5) is 0 Å². The minimum atomic E-state index is -0.182. The Morgan fingerprint density at radius 2 is 1.69 bits per heavy atom. The Morgan fingerprint density at radius 3 is 2.25 bits per heavy atom. The van der Waals surface area contributed by atoms with E-state index in [4.69, 9.17) is 5.41 Å². The van der Waals surface area contributed by atoms with Crippen LogP contribution in [-0.4, -0.2) is 17.8 Å². The van der Waals surface area contributed by atoms with Crippen LogP contribution in [0.25, 0.3) is 4.91 Å². The van der Waals surface area contributed by atoms with Gasteiger partial charge in [-0.2, -0.15) is 0 Å². The van der Waals surface area contributed by atoms with Crippen molar-refractivity contribution in [1.82, 2.24) is 0 Å². The minimum Gasteiger partial charge on any atom is -0.297 e.